The molecule has 0 saturated carbocycles. The number of hydrogen-bond donors (Lipinski definition) is 1. The van der Waals surface area contributed by atoms with E-state index in [1.165, 1.54) is 0 Å². The van der Waals surface area contributed by atoms with Gasteiger partial charge in [-0.2, -0.15) is 5.26 Å². The quantitative estimate of drug-likeness (QED) is 0.877. The Kier molecular flexibility index (Phi) is 5.67. The minimum Gasteiger partial charge on any atom is -0.371 e. The Labute approximate surface area is 158 Å². The number of benzene rings is 1. The topological polar surface area (TPSA) is 90.4 Å². The lowest BCUT2D eigenvalue weighted by atomic mass is 9.91. The number of amides is 2. The van der Waals surface area contributed by atoms with E-state index >= 15 is 0 Å². The number of nitrogens with zero attached hydrogens (tertiary/aromatic N) is 3. The Balaban J connectivity index is 1.54. The molecule has 0 atom stereocenters. The number of halogens is 1. The molecule has 2 amide bonds. The number of nitriles is 1. The van der Waals surface area contributed by atoms with Gasteiger partial charge in [-0.25, -0.2) is 0 Å². The second-order valence-electron chi connectivity index (χ2n) is 7.04. The summed E-state index contributed by atoms with van der Waals surface area (Å²) in [5, 5.41) is 9.43. The Morgan fingerprint density at radius 2 is 1.69 bits per heavy atom. The predicted molar refractivity (Wildman–Crippen MR) is 99.6 cm³/mol. The molecule has 26 heavy (non-hydrogen) atoms. The number of rotatable bonds is 3. The van der Waals surface area contributed by atoms with E-state index in [0.717, 1.165) is 31.6 Å². The molecule has 0 bridgehead atoms. The lowest BCUT2D eigenvalue weighted by molar-refractivity contribution is -0.139. The molecule has 0 aliphatic carbocycles. The fourth-order valence-electron chi connectivity index (χ4n) is 3.82. The molecular formula is C19H23ClN4O2. The molecule has 0 unspecified atom stereocenters. The molecule has 138 valence electrons. The Hall–Kier alpha value is -2.26. The highest BCUT2D eigenvalue weighted by molar-refractivity contribution is 6.32. The number of piperidine rings is 2. The fourth-order valence-corrected chi connectivity index (χ4v) is 4.04. The normalized spacial score (nSPS) is 19.2. The van der Waals surface area contributed by atoms with Crippen molar-refractivity contribution >= 4 is 29.1 Å². The Morgan fingerprint density at radius 1 is 1.08 bits per heavy atom. The molecule has 2 aliphatic heterocycles. The van der Waals surface area contributed by atoms with Crippen LogP contribution in [0.15, 0.2) is 18.2 Å². The molecule has 7 heteroatoms. The van der Waals surface area contributed by atoms with Gasteiger partial charge in [-0.3, -0.25) is 9.59 Å². The first kappa shape index (κ1) is 18.5. The molecule has 0 aromatic heterocycles. The SMILES string of the molecule is N#Cc1ccc(N2CCC(C(=O)N3CCC(C(N)=O)CC3)CC2)cc1Cl. The van der Waals surface area contributed by atoms with E-state index in [-0.39, 0.29) is 23.7 Å². The summed E-state index contributed by atoms with van der Waals surface area (Å²) in [5.74, 6) is -0.121. The van der Waals surface area contributed by atoms with Crippen molar-refractivity contribution in [1.82, 2.24) is 4.90 Å². The molecule has 2 fully saturated rings. The molecule has 3 rings (SSSR count). The molecule has 2 heterocycles. The van der Waals surface area contributed by atoms with Gasteiger partial charge in [0.2, 0.25) is 11.8 Å². The van der Waals surface area contributed by atoms with Gasteiger partial charge in [0.25, 0.3) is 0 Å². The smallest absolute Gasteiger partial charge is 0.225 e. The average molecular weight is 375 g/mol. The van der Waals surface area contributed by atoms with E-state index in [0.29, 0.717) is 36.5 Å². The number of carbonyl (C=O) groups excluding carboxylic acids is 2. The third-order valence-corrected chi connectivity index (χ3v) is 5.80. The van der Waals surface area contributed by atoms with Gasteiger partial charge in [0.1, 0.15) is 6.07 Å². The number of primary amides is 1. The van der Waals surface area contributed by atoms with Gasteiger partial charge in [-0.05, 0) is 43.9 Å². The van der Waals surface area contributed by atoms with Crippen LogP contribution in [0.2, 0.25) is 5.02 Å². The minimum absolute atomic E-state index is 0.0326. The molecule has 2 aliphatic rings. The zero-order valence-corrected chi connectivity index (χ0v) is 15.4. The van der Waals surface area contributed by atoms with E-state index in [1.807, 2.05) is 17.0 Å². The maximum Gasteiger partial charge on any atom is 0.225 e. The van der Waals surface area contributed by atoms with Crippen LogP contribution in [0.3, 0.4) is 0 Å². The Morgan fingerprint density at radius 3 is 2.23 bits per heavy atom. The van der Waals surface area contributed by atoms with Gasteiger partial charge in [-0.15, -0.1) is 0 Å². The van der Waals surface area contributed by atoms with Gasteiger partial charge in [0.15, 0.2) is 0 Å². The van der Waals surface area contributed by atoms with Gasteiger partial charge < -0.3 is 15.5 Å². The van der Waals surface area contributed by atoms with Gasteiger partial charge in [0, 0.05) is 43.7 Å². The lowest BCUT2D eigenvalue weighted by Gasteiger charge is -2.37. The summed E-state index contributed by atoms with van der Waals surface area (Å²) in [4.78, 5) is 28.1. The van der Waals surface area contributed by atoms with Crippen LogP contribution in [0.5, 0.6) is 0 Å². The zero-order chi connectivity index (χ0) is 18.7. The second-order valence-corrected chi connectivity index (χ2v) is 7.45. The summed E-state index contributed by atoms with van der Waals surface area (Å²) in [6.07, 6.45) is 2.94. The van der Waals surface area contributed by atoms with E-state index in [1.54, 1.807) is 6.07 Å². The summed E-state index contributed by atoms with van der Waals surface area (Å²) in [5.41, 5.74) is 6.82. The van der Waals surface area contributed by atoms with E-state index in [2.05, 4.69) is 11.0 Å². The van der Waals surface area contributed by atoms with Gasteiger partial charge in [-0.1, -0.05) is 11.6 Å². The monoisotopic (exact) mass is 374 g/mol. The fraction of sp³-hybridized carbons (Fsp3) is 0.526. The third-order valence-electron chi connectivity index (χ3n) is 5.49. The van der Waals surface area contributed by atoms with Crippen molar-refractivity contribution in [2.75, 3.05) is 31.1 Å². The first-order valence-electron chi connectivity index (χ1n) is 9.02. The third kappa shape index (κ3) is 3.94. The molecule has 0 spiro atoms. The second kappa shape index (κ2) is 7.96. The predicted octanol–water partition coefficient (Wildman–Crippen LogP) is 2.15. The van der Waals surface area contributed by atoms with Crippen molar-refractivity contribution in [3.63, 3.8) is 0 Å². The molecule has 0 radical (unpaired) electrons. The van der Waals surface area contributed by atoms with E-state index < -0.39 is 0 Å². The lowest BCUT2D eigenvalue weighted by Crippen LogP contribution is -2.46. The van der Waals surface area contributed by atoms with E-state index in [9.17, 15) is 9.59 Å². The highest BCUT2D eigenvalue weighted by atomic mass is 35.5. The maximum absolute atomic E-state index is 12.7. The Bertz CT molecular complexity index is 730. The van der Waals surface area contributed by atoms with Crippen LogP contribution < -0.4 is 10.6 Å². The number of likely N-dealkylation sites (tertiary alicyclic amines) is 1. The van der Waals surface area contributed by atoms with Crippen LogP contribution in [0.4, 0.5) is 5.69 Å². The minimum atomic E-state index is -0.258. The number of carbonyl (C=O) groups is 2. The highest BCUT2D eigenvalue weighted by Gasteiger charge is 2.32. The molecule has 2 saturated heterocycles. The van der Waals surface area contributed by atoms with Crippen molar-refractivity contribution in [1.29, 1.82) is 5.26 Å². The van der Waals surface area contributed by atoms with Crippen LogP contribution in [0.25, 0.3) is 0 Å². The van der Waals surface area contributed by atoms with Crippen molar-refractivity contribution in [3.05, 3.63) is 28.8 Å². The van der Waals surface area contributed by atoms with Crippen LogP contribution in [-0.4, -0.2) is 42.9 Å². The summed E-state index contributed by atoms with van der Waals surface area (Å²) in [6.45, 7) is 2.82. The molecule has 1 aromatic carbocycles. The summed E-state index contributed by atoms with van der Waals surface area (Å²) >= 11 is 6.12. The zero-order valence-electron chi connectivity index (χ0n) is 14.7. The maximum atomic E-state index is 12.7. The van der Waals surface area contributed by atoms with Crippen molar-refractivity contribution in [3.8, 4) is 6.07 Å². The molecule has 2 N–H and O–H groups in total. The summed E-state index contributed by atoms with van der Waals surface area (Å²) in [7, 11) is 0. The number of nitrogens with two attached hydrogens (primary N) is 1. The van der Waals surface area contributed by atoms with Crippen molar-refractivity contribution in [2.45, 2.75) is 25.7 Å². The van der Waals surface area contributed by atoms with Gasteiger partial charge >= 0.3 is 0 Å². The molecular weight excluding hydrogens is 352 g/mol. The van der Waals surface area contributed by atoms with Crippen LogP contribution in [0, 0.1) is 23.2 Å². The average Bonchev–Trinajstić information content (AvgIpc) is 2.67. The van der Waals surface area contributed by atoms with Crippen molar-refractivity contribution in [2.24, 2.45) is 17.6 Å². The summed E-state index contributed by atoms with van der Waals surface area (Å²) < 4.78 is 0. The van der Waals surface area contributed by atoms with Crippen molar-refractivity contribution < 1.29 is 9.59 Å². The van der Waals surface area contributed by atoms with E-state index in [4.69, 9.17) is 22.6 Å². The van der Waals surface area contributed by atoms with Crippen LogP contribution in [-0.2, 0) is 9.59 Å². The highest BCUT2D eigenvalue weighted by Crippen LogP contribution is 2.29. The number of anilines is 1. The van der Waals surface area contributed by atoms with Crippen LogP contribution in [0.1, 0.15) is 31.2 Å². The van der Waals surface area contributed by atoms with Crippen LogP contribution >= 0.6 is 11.6 Å². The molecule has 6 nitrogen and oxygen atoms in total. The number of hydrogen-bond acceptors (Lipinski definition) is 4. The largest absolute Gasteiger partial charge is 0.371 e. The first-order valence-corrected chi connectivity index (χ1v) is 9.40. The molecule has 1 aromatic rings. The van der Waals surface area contributed by atoms with Gasteiger partial charge in [0.05, 0.1) is 10.6 Å². The summed E-state index contributed by atoms with van der Waals surface area (Å²) in [6, 6.07) is 7.52. The first-order chi connectivity index (χ1) is 12.5. The standard InChI is InChI=1S/C19H23ClN4O2/c20-17-11-16(2-1-15(17)12-21)23-7-5-14(6-8-23)19(26)24-9-3-13(4-10-24)18(22)25/h1-2,11,13-14H,3-10H2,(H2,22,25).